The van der Waals surface area contributed by atoms with E-state index in [0.29, 0.717) is 30.4 Å². The Labute approximate surface area is 202 Å². The first kappa shape index (κ1) is 22.4. The van der Waals surface area contributed by atoms with Crippen LogP contribution in [0.15, 0.2) is 52.9 Å². The number of aromatic nitrogens is 4. The minimum Gasteiger partial charge on any atom is -0.438 e. The van der Waals surface area contributed by atoms with E-state index in [1.807, 2.05) is 67.3 Å². The number of halogens is 1. The number of fused-ring (bicyclic) bond motifs is 1. The largest absolute Gasteiger partial charge is 0.438 e. The molecule has 1 fully saturated rings. The van der Waals surface area contributed by atoms with Crippen molar-refractivity contribution in [2.24, 2.45) is 0 Å². The zero-order chi connectivity index (χ0) is 23.7. The van der Waals surface area contributed by atoms with Crippen molar-refractivity contribution < 1.29 is 9.21 Å². The Hall–Kier alpha value is -3.39. The van der Waals surface area contributed by atoms with Crippen molar-refractivity contribution in [3.05, 3.63) is 76.7 Å². The second kappa shape index (κ2) is 9.46. The van der Waals surface area contributed by atoms with Crippen molar-refractivity contribution in [1.82, 2.24) is 30.0 Å². The molecule has 5 rings (SSSR count). The first-order valence-electron chi connectivity index (χ1n) is 11.6. The second-order valence-corrected chi connectivity index (χ2v) is 9.04. The fourth-order valence-electron chi connectivity index (χ4n) is 4.50. The molecule has 1 saturated heterocycles. The Morgan fingerprint density at radius 2 is 2.00 bits per heavy atom. The van der Waals surface area contributed by atoms with Gasteiger partial charge in [-0.25, -0.2) is 9.78 Å². The van der Waals surface area contributed by atoms with Gasteiger partial charge in [0.15, 0.2) is 11.4 Å². The summed E-state index contributed by atoms with van der Waals surface area (Å²) in [4.78, 5) is 19.8. The number of nitrogens with one attached hydrogen (secondary N) is 1. The molecule has 9 heteroatoms. The van der Waals surface area contributed by atoms with E-state index < -0.39 is 0 Å². The maximum absolute atomic E-state index is 13.4. The van der Waals surface area contributed by atoms with Crippen molar-refractivity contribution in [2.45, 2.75) is 51.7 Å². The van der Waals surface area contributed by atoms with Gasteiger partial charge < -0.3 is 19.2 Å². The van der Waals surface area contributed by atoms with Crippen LogP contribution in [0.1, 0.15) is 61.4 Å². The van der Waals surface area contributed by atoms with Gasteiger partial charge in [0.05, 0.1) is 12.6 Å². The molecular weight excluding hydrogens is 452 g/mol. The zero-order valence-electron chi connectivity index (χ0n) is 19.2. The van der Waals surface area contributed by atoms with Gasteiger partial charge in [-0.1, -0.05) is 42.8 Å². The molecule has 1 aliphatic heterocycles. The lowest BCUT2D eigenvalue weighted by Crippen LogP contribution is -2.41. The predicted octanol–water partition coefficient (Wildman–Crippen LogP) is 5.43. The van der Waals surface area contributed by atoms with Gasteiger partial charge in [0.25, 0.3) is 0 Å². The van der Waals surface area contributed by atoms with Crippen molar-refractivity contribution in [1.29, 1.82) is 0 Å². The van der Waals surface area contributed by atoms with Crippen molar-refractivity contribution in [2.75, 3.05) is 6.54 Å². The van der Waals surface area contributed by atoms with Gasteiger partial charge in [0.2, 0.25) is 5.89 Å². The topological polar surface area (TPSA) is 89.1 Å². The SMILES string of the molecule is CC[C@H](NC(=O)N1CCC[C@@H]1c1nnc(C)n1Cc1ccc(Cl)cc1)c1nc2ccccc2o1. The Bertz CT molecular complexity index is 1270. The van der Waals surface area contributed by atoms with E-state index in [-0.39, 0.29) is 18.1 Å². The van der Waals surface area contributed by atoms with Crippen LogP contribution in [0.2, 0.25) is 5.02 Å². The maximum atomic E-state index is 13.4. The second-order valence-electron chi connectivity index (χ2n) is 8.60. The lowest BCUT2D eigenvalue weighted by atomic mass is 10.2. The fraction of sp³-hybridized carbons (Fsp3) is 0.360. The van der Waals surface area contributed by atoms with Crippen LogP contribution in [0, 0.1) is 6.92 Å². The molecule has 2 aromatic carbocycles. The molecule has 176 valence electrons. The van der Waals surface area contributed by atoms with Crippen LogP contribution in [-0.2, 0) is 6.54 Å². The average molecular weight is 479 g/mol. The van der Waals surface area contributed by atoms with Crippen molar-refractivity contribution in [3.63, 3.8) is 0 Å². The number of carbonyl (C=O) groups is 1. The highest BCUT2D eigenvalue weighted by atomic mass is 35.5. The molecule has 2 amide bonds. The molecule has 1 N–H and O–H groups in total. The van der Waals surface area contributed by atoms with Crippen LogP contribution < -0.4 is 5.32 Å². The van der Waals surface area contributed by atoms with E-state index in [2.05, 4.69) is 25.1 Å². The number of para-hydroxylation sites is 2. The summed E-state index contributed by atoms with van der Waals surface area (Å²) in [5.74, 6) is 2.14. The summed E-state index contributed by atoms with van der Waals surface area (Å²) in [6.45, 7) is 5.23. The molecule has 3 heterocycles. The van der Waals surface area contributed by atoms with E-state index in [1.54, 1.807) is 0 Å². The van der Waals surface area contributed by atoms with E-state index in [0.717, 1.165) is 41.2 Å². The molecular formula is C25H27ClN6O2. The van der Waals surface area contributed by atoms with Crippen LogP contribution >= 0.6 is 11.6 Å². The van der Waals surface area contributed by atoms with E-state index in [4.69, 9.17) is 16.0 Å². The molecule has 0 saturated carbocycles. The summed E-state index contributed by atoms with van der Waals surface area (Å²) in [7, 11) is 0. The molecule has 8 nitrogen and oxygen atoms in total. The summed E-state index contributed by atoms with van der Waals surface area (Å²) >= 11 is 6.04. The third-order valence-corrected chi connectivity index (χ3v) is 6.60. The van der Waals surface area contributed by atoms with Crippen LogP contribution in [0.3, 0.4) is 0 Å². The highest BCUT2D eigenvalue weighted by Gasteiger charge is 2.35. The highest BCUT2D eigenvalue weighted by Crippen LogP contribution is 2.32. The third-order valence-electron chi connectivity index (χ3n) is 6.34. The van der Waals surface area contributed by atoms with E-state index in [9.17, 15) is 4.79 Å². The quantitative estimate of drug-likeness (QED) is 0.399. The average Bonchev–Trinajstić information content (AvgIpc) is 3.57. The first-order valence-corrected chi connectivity index (χ1v) is 12.0. The minimum atomic E-state index is -0.310. The number of benzene rings is 2. The lowest BCUT2D eigenvalue weighted by molar-refractivity contribution is 0.183. The van der Waals surface area contributed by atoms with Gasteiger partial charge in [-0.3, -0.25) is 0 Å². The number of urea groups is 1. The van der Waals surface area contributed by atoms with Gasteiger partial charge in [-0.2, -0.15) is 0 Å². The molecule has 0 aliphatic carbocycles. The van der Waals surface area contributed by atoms with Crippen molar-refractivity contribution >= 4 is 28.7 Å². The maximum Gasteiger partial charge on any atom is 0.318 e. The lowest BCUT2D eigenvalue weighted by Gasteiger charge is -2.26. The third kappa shape index (κ3) is 4.37. The molecule has 0 radical (unpaired) electrons. The first-order chi connectivity index (χ1) is 16.5. The molecule has 4 aromatic rings. The Morgan fingerprint density at radius 3 is 2.76 bits per heavy atom. The van der Waals surface area contributed by atoms with Crippen LogP contribution in [0.4, 0.5) is 4.79 Å². The summed E-state index contributed by atoms with van der Waals surface area (Å²) in [5, 5.41) is 12.6. The number of likely N-dealkylation sites (tertiary alicyclic amines) is 1. The van der Waals surface area contributed by atoms with E-state index >= 15 is 0 Å². The molecule has 0 spiro atoms. The summed E-state index contributed by atoms with van der Waals surface area (Å²) in [6.07, 6.45) is 2.42. The Morgan fingerprint density at radius 1 is 1.21 bits per heavy atom. The van der Waals surface area contributed by atoms with E-state index in [1.165, 1.54) is 0 Å². The Kier molecular flexibility index (Phi) is 6.24. The smallest absolute Gasteiger partial charge is 0.318 e. The standard InChI is InChI=1S/C25H27ClN6O2/c1-3-19(24-27-20-7-4-5-9-22(20)34-24)28-25(33)31-14-6-8-21(31)23-30-29-16(2)32(23)15-17-10-12-18(26)13-11-17/h4-5,7,9-13,19,21H,3,6,8,14-15H2,1-2H3,(H,28,33)/t19-,21+/m0/s1. The number of hydrogen-bond donors (Lipinski definition) is 1. The Balaban J connectivity index is 1.35. The molecule has 0 bridgehead atoms. The van der Waals surface area contributed by atoms with Gasteiger partial charge in [0.1, 0.15) is 17.4 Å². The normalized spacial score (nSPS) is 16.8. The molecule has 0 unspecified atom stereocenters. The van der Waals surface area contributed by atoms with Gasteiger partial charge in [-0.15, -0.1) is 10.2 Å². The van der Waals surface area contributed by atoms with Crippen LogP contribution in [0.5, 0.6) is 0 Å². The number of oxazole rings is 1. The van der Waals surface area contributed by atoms with Gasteiger partial charge >= 0.3 is 6.03 Å². The zero-order valence-corrected chi connectivity index (χ0v) is 20.0. The molecule has 34 heavy (non-hydrogen) atoms. The summed E-state index contributed by atoms with van der Waals surface area (Å²) in [5.41, 5.74) is 2.61. The van der Waals surface area contributed by atoms with Crippen molar-refractivity contribution in [3.8, 4) is 0 Å². The summed E-state index contributed by atoms with van der Waals surface area (Å²) in [6, 6.07) is 14.8. The predicted molar refractivity (Wildman–Crippen MR) is 130 cm³/mol. The molecule has 2 aromatic heterocycles. The minimum absolute atomic E-state index is 0.143. The number of aryl methyl sites for hydroxylation is 1. The number of rotatable bonds is 6. The fourth-order valence-corrected chi connectivity index (χ4v) is 4.63. The van der Waals surface area contributed by atoms with Crippen LogP contribution in [-0.4, -0.2) is 37.2 Å². The number of nitrogens with zero attached hydrogens (tertiary/aromatic N) is 5. The number of carbonyl (C=O) groups excluding carboxylic acids is 1. The van der Waals surface area contributed by atoms with Gasteiger partial charge in [0, 0.05) is 11.6 Å². The molecule has 1 aliphatic rings. The number of hydrogen-bond acceptors (Lipinski definition) is 5. The highest BCUT2D eigenvalue weighted by molar-refractivity contribution is 6.30. The monoisotopic (exact) mass is 478 g/mol. The summed E-state index contributed by atoms with van der Waals surface area (Å²) < 4.78 is 7.99. The van der Waals surface area contributed by atoms with Gasteiger partial charge in [-0.05, 0) is 56.0 Å². The number of amides is 2. The van der Waals surface area contributed by atoms with Crippen LogP contribution in [0.25, 0.3) is 11.1 Å². The molecule has 2 atom stereocenters.